The zero-order chi connectivity index (χ0) is 20.2. The molecule has 0 bridgehead atoms. The van der Waals surface area contributed by atoms with Crippen LogP contribution in [0.5, 0.6) is 0 Å². The highest BCUT2D eigenvalue weighted by Crippen LogP contribution is 2.32. The molecule has 0 radical (unpaired) electrons. The minimum absolute atomic E-state index is 0.192. The number of carbonyl (C=O) groups is 1. The van der Waals surface area contributed by atoms with Crippen molar-refractivity contribution in [3.05, 3.63) is 91.0 Å². The summed E-state index contributed by atoms with van der Waals surface area (Å²) in [7, 11) is -0.446. The fourth-order valence-electron chi connectivity index (χ4n) is 2.69. The summed E-state index contributed by atoms with van der Waals surface area (Å²) in [6.07, 6.45) is 1.70. The molecule has 1 N–H and O–H groups in total. The van der Waals surface area contributed by atoms with Gasteiger partial charge in [-0.25, -0.2) is 0 Å². The number of alkyl halides is 1. The van der Waals surface area contributed by atoms with Crippen LogP contribution in [0.3, 0.4) is 0 Å². The van der Waals surface area contributed by atoms with Crippen molar-refractivity contribution in [2.75, 3.05) is 5.33 Å². The molecule has 0 aromatic heterocycles. The van der Waals surface area contributed by atoms with Crippen molar-refractivity contribution in [2.24, 2.45) is 5.92 Å². The Morgan fingerprint density at radius 2 is 1.18 bits per heavy atom. The average molecular weight is 457 g/mol. The van der Waals surface area contributed by atoms with Crippen LogP contribution >= 0.6 is 23.9 Å². The van der Waals surface area contributed by atoms with E-state index >= 15 is 0 Å². The predicted octanol–water partition coefficient (Wildman–Crippen LogP) is 5.33. The number of hydrogen-bond donors (Lipinski definition) is 1. The maximum Gasteiger partial charge on any atom is 0.306 e. The summed E-state index contributed by atoms with van der Waals surface area (Å²) in [6.45, 7) is 1.73. The third-order valence-electron chi connectivity index (χ3n) is 4.24. The van der Waals surface area contributed by atoms with E-state index in [0.717, 1.165) is 18.2 Å². The second kappa shape index (κ2) is 12.5. The lowest BCUT2D eigenvalue weighted by atomic mass is 10.1. The van der Waals surface area contributed by atoms with Crippen LogP contribution in [0.2, 0.25) is 0 Å². The molecule has 3 aromatic rings. The predicted molar refractivity (Wildman–Crippen MR) is 125 cm³/mol. The molecule has 1 atom stereocenters. The van der Waals surface area contributed by atoms with Crippen LogP contribution in [0, 0.1) is 5.92 Å². The maximum atomic E-state index is 10.2. The van der Waals surface area contributed by atoms with Crippen molar-refractivity contribution >= 4 is 45.7 Å². The molecule has 0 aliphatic heterocycles. The van der Waals surface area contributed by atoms with E-state index in [4.69, 9.17) is 5.11 Å². The van der Waals surface area contributed by atoms with Gasteiger partial charge in [0, 0.05) is 5.33 Å². The third kappa shape index (κ3) is 7.22. The zero-order valence-electron chi connectivity index (χ0n) is 16.0. The van der Waals surface area contributed by atoms with E-state index in [1.165, 1.54) is 15.9 Å². The first-order chi connectivity index (χ1) is 13.6. The minimum atomic E-state index is -0.698. The highest BCUT2D eigenvalue weighted by atomic mass is 79.9. The van der Waals surface area contributed by atoms with Crippen molar-refractivity contribution < 1.29 is 9.90 Å². The number of rotatable bonds is 7. The lowest BCUT2D eigenvalue weighted by Gasteiger charge is -2.18. The number of carboxylic acid groups (broad SMARTS) is 1. The first-order valence-corrected chi connectivity index (χ1v) is 11.8. The molecule has 4 heteroatoms. The number of aliphatic carboxylic acids is 1. The fraction of sp³-hybridized carbons (Fsp3) is 0.208. The molecule has 0 aliphatic carbocycles. The quantitative estimate of drug-likeness (QED) is 0.385. The SMILES string of the molecule is CC(CCCBr)C(=O)O.c1ccc(P(c2ccccc2)c2ccccc2)cc1. The highest BCUT2D eigenvalue weighted by molar-refractivity contribution is 9.09. The van der Waals surface area contributed by atoms with E-state index in [0.29, 0.717) is 0 Å². The van der Waals surface area contributed by atoms with Gasteiger partial charge in [-0.2, -0.15) is 0 Å². The monoisotopic (exact) mass is 456 g/mol. The maximum absolute atomic E-state index is 10.2. The molecule has 0 saturated heterocycles. The molecule has 0 saturated carbocycles. The first-order valence-electron chi connectivity index (χ1n) is 9.37. The molecule has 0 fully saturated rings. The summed E-state index contributed by atoms with van der Waals surface area (Å²) in [6, 6.07) is 32.3. The number of hydrogen-bond acceptors (Lipinski definition) is 1. The molecule has 2 nitrogen and oxygen atoms in total. The van der Waals surface area contributed by atoms with Gasteiger partial charge in [0.15, 0.2) is 0 Å². The molecule has 3 rings (SSSR count). The van der Waals surface area contributed by atoms with Gasteiger partial charge >= 0.3 is 5.97 Å². The van der Waals surface area contributed by atoms with Crippen LogP contribution in [0.15, 0.2) is 91.0 Å². The van der Waals surface area contributed by atoms with Crippen LogP contribution < -0.4 is 15.9 Å². The van der Waals surface area contributed by atoms with Crippen LogP contribution in [0.1, 0.15) is 19.8 Å². The van der Waals surface area contributed by atoms with E-state index in [1.807, 2.05) is 0 Å². The van der Waals surface area contributed by atoms with Gasteiger partial charge in [-0.05, 0) is 36.7 Å². The van der Waals surface area contributed by atoms with Gasteiger partial charge < -0.3 is 5.11 Å². The number of benzene rings is 3. The van der Waals surface area contributed by atoms with Gasteiger partial charge in [-0.3, -0.25) is 4.79 Å². The molecule has 3 aromatic carbocycles. The fourth-order valence-corrected chi connectivity index (χ4v) is 5.31. The standard InChI is InChI=1S/C18H15P.C6H11BrO2/c1-4-10-16(11-5-1)19(17-12-6-2-7-13-17)18-14-8-3-9-15-18;1-5(6(8)9)3-2-4-7/h1-15H;5H,2-4H2,1H3,(H,8,9). The molecule has 146 valence electrons. The topological polar surface area (TPSA) is 37.3 Å². The third-order valence-corrected chi connectivity index (χ3v) is 7.24. The zero-order valence-corrected chi connectivity index (χ0v) is 18.5. The van der Waals surface area contributed by atoms with Crippen molar-refractivity contribution in [3.63, 3.8) is 0 Å². The van der Waals surface area contributed by atoms with Crippen LogP contribution in [-0.2, 0) is 4.79 Å². The summed E-state index contributed by atoms with van der Waals surface area (Å²) in [5.74, 6) is -0.890. The van der Waals surface area contributed by atoms with Gasteiger partial charge in [0.1, 0.15) is 0 Å². The Morgan fingerprint density at radius 1 is 0.821 bits per heavy atom. The Morgan fingerprint density at radius 3 is 1.46 bits per heavy atom. The summed E-state index contributed by atoms with van der Waals surface area (Å²) >= 11 is 3.23. The van der Waals surface area contributed by atoms with Crippen molar-refractivity contribution in [2.45, 2.75) is 19.8 Å². The van der Waals surface area contributed by atoms with Crippen molar-refractivity contribution in [1.29, 1.82) is 0 Å². The lowest BCUT2D eigenvalue weighted by molar-refractivity contribution is -0.141. The number of halogens is 1. The van der Waals surface area contributed by atoms with E-state index < -0.39 is 13.9 Å². The average Bonchev–Trinajstić information content (AvgIpc) is 2.75. The summed E-state index contributed by atoms with van der Waals surface area (Å²) in [5.41, 5.74) is 0. The molecular weight excluding hydrogens is 431 g/mol. The molecule has 0 aliphatic rings. The summed E-state index contributed by atoms with van der Waals surface area (Å²) in [5, 5.41) is 13.5. The smallest absolute Gasteiger partial charge is 0.306 e. The summed E-state index contributed by atoms with van der Waals surface area (Å²) in [4.78, 5) is 10.2. The van der Waals surface area contributed by atoms with E-state index in [-0.39, 0.29) is 5.92 Å². The van der Waals surface area contributed by atoms with E-state index in [1.54, 1.807) is 6.92 Å². The number of carboxylic acids is 1. The van der Waals surface area contributed by atoms with Crippen molar-refractivity contribution in [3.8, 4) is 0 Å². The van der Waals surface area contributed by atoms with Gasteiger partial charge in [-0.1, -0.05) is 114 Å². The highest BCUT2D eigenvalue weighted by Gasteiger charge is 2.15. The van der Waals surface area contributed by atoms with Gasteiger partial charge in [0.2, 0.25) is 0 Å². The molecule has 0 amide bonds. The Kier molecular flexibility index (Phi) is 9.96. The largest absolute Gasteiger partial charge is 0.481 e. The Balaban J connectivity index is 0.000000266. The van der Waals surface area contributed by atoms with Gasteiger partial charge in [0.05, 0.1) is 5.92 Å². The van der Waals surface area contributed by atoms with Crippen molar-refractivity contribution in [1.82, 2.24) is 0 Å². The molecule has 1 unspecified atom stereocenters. The molecule has 28 heavy (non-hydrogen) atoms. The summed E-state index contributed by atoms with van der Waals surface area (Å²) < 4.78 is 0. The van der Waals surface area contributed by atoms with Crippen LogP contribution in [0.4, 0.5) is 0 Å². The molecule has 0 heterocycles. The Hall–Kier alpha value is -1.96. The van der Waals surface area contributed by atoms with Gasteiger partial charge in [0.25, 0.3) is 0 Å². The Bertz CT molecular complexity index is 716. The van der Waals surface area contributed by atoms with Gasteiger partial charge in [-0.15, -0.1) is 0 Å². The first kappa shape index (κ1) is 22.3. The minimum Gasteiger partial charge on any atom is -0.481 e. The van der Waals surface area contributed by atoms with E-state index in [2.05, 4.69) is 107 Å². The Labute approximate surface area is 177 Å². The lowest BCUT2D eigenvalue weighted by Crippen LogP contribution is -2.20. The van der Waals surface area contributed by atoms with Crippen LogP contribution in [-0.4, -0.2) is 16.4 Å². The van der Waals surface area contributed by atoms with E-state index in [9.17, 15) is 4.79 Å². The second-order valence-corrected chi connectivity index (χ2v) is 9.43. The molecule has 0 spiro atoms. The van der Waals surface area contributed by atoms with Crippen LogP contribution in [0.25, 0.3) is 0 Å². The normalized spacial score (nSPS) is 11.4. The molecular formula is C24H26BrO2P. The second-order valence-electron chi connectivity index (χ2n) is 6.41.